The third-order valence-electron chi connectivity index (χ3n) is 4.33. The molecule has 21 heavy (non-hydrogen) atoms. The summed E-state index contributed by atoms with van der Waals surface area (Å²) in [5.41, 5.74) is 1.94. The maximum Gasteiger partial charge on any atom is 0.335 e. The van der Waals surface area contributed by atoms with E-state index in [1.165, 1.54) is 0 Å². The highest BCUT2D eigenvalue weighted by Crippen LogP contribution is 2.40. The number of nitrogens with zero attached hydrogens (tertiary/aromatic N) is 2. The lowest BCUT2D eigenvalue weighted by molar-refractivity contribution is -0.121. The lowest BCUT2D eigenvalue weighted by atomic mass is 9.94. The van der Waals surface area contributed by atoms with Crippen LogP contribution in [0.1, 0.15) is 43.5 Å². The SMILES string of the molecule is CC(C)N1C(=O)C2CCCCN2c2ccc(C(=O)O)cc21. The van der Waals surface area contributed by atoms with Gasteiger partial charge in [-0.25, -0.2) is 4.79 Å². The number of anilines is 2. The predicted octanol–water partition coefficient (Wildman–Crippen LogP) is 2.50. The number of hydrogen-bond donors (Lipinski definition) is 1. The quantitative estimate of drug-likeness (QED) is 0.908. The molecule has 112 valence electrons. The first-order valence-electron chi connectivity index (χ1n) is 7.47. The van der Waals surface area contributed by atoms with Crippen LogP contribution in [0.5, 0.6) is 0 Å². The van der Waals surface area contributed by atoms with Crippen LogP contribution >= 0.6 is 0 Å². The van der Waals surface area contributed by atoms with E-state index in [1.807, 2.05) is 19.9 Å². The van der Waals surface area contributed by atoms with E-state index in [0.29, 0.717) is 0 Å². The molecule has 1 atom stereocenters. The van der Waals surface area contributed by atoms with Crippen LogP contribution in [0.15, 0.2) is 18.2 Å². The highest BCUT2D eigenvalue weighted by molar-refractivity contribution is 6.07. The van der Waals surface area contributed by atoms with Gasteiger partial charge in [-0.3, -0.25) is 4.79 Å². The molecule has 1 amide bonds. The average molecular weight is 288 g/mol. The predicted molar refractivity (Wildman–Crippen MR) is 81.0 cm³/mol. The first-order valence-corrected chi connectivity index (χ1v) is 7.47. The van der Waals surface area contributed by atoms with Gasteiger partial charge >= 0.3 is 5.97 Å². The van der Waals surface area contributed by atoms with Crippen molar-refractivity contribution in [2.75, 3.05) is 16.3 Å². The first-order chi connectivity index (χ1) is 10.0. The maximum absolute atomic E-state index is 12.8. The normalized spacial score (nSPS) is 21.3. The number of aromatic carboxylic acids is 1. The van der Waals surface area contributed by atoms with E-state index >= 15 is 0 Å². The molecular weight excluding hydrogens is 268 g/mol. The Bertz CT molecular complexity index is 597. The highest BCUT2D eigenvalue weighted by atomic mass is 16.4. The molecule has 1 aromatic carbocycles. The van der Waals surface area contributed by atoms with Crippen molar-refractivity contribution in [1.82, 2.24) is 0 Å². The maximum atomic E-state index is 12.8. The van der Waals surface area contributed by atoms with Gasteiger partial charge in [0.05, 0.1) is 16.9 Å². The fraction of sp³-hybridized carbons (Fsp3) is 0.500. The molecule has 0 bridgehead atoms. The monoisotopic (exact) mass is 288 g/mol. The Balaban J connectivity index is 2.15. The molecule has 0 spiro atoms. The molecule has 1 aromatic rings. The van der Waals surface area contributed by atoms with Crippen LogP contribution < -0.4 is 9.80 Å². The van der Waals surface area contributed by atoms with E-state index in [0.717, 1.165) is 37.2 Å². The molecular formula is C16H20N2O3. The third kappa shape index (κ3) is 2.17. The molecule has 1 unspecified atom stereocenters. The van der Waals surface area contributed by atoms with Crippen molar-refractivity contribution in [3.05, 3.63) is 23.8 Å². The molecule has 0 saturated carbocycles. The number of fused-ring (bicyclic) bond motifs is 3. The van der Waals surface area contributed by atoms with Crippen molar-refractivity contribution in [2.45, 2.75) is 45.2 Å². The van der Waals surface area contributed by atoms with Crippen LogP contribution in [0.4, 0.5) is 11.4 Å². The van der Waals surface area contributed by atoms with Gasteiger partial charge in [0.1, 0.15) is 6.04 Å². The number of carboxylic acids is 1. The Morgan fingerprint density at radius 3 is 2.71 bits per heavy atom. The summed E-state index contributed by atoms with van der Waals surface area (Å²) in [7, 11) is 0. The molecule has 0 aromatic heterocycles. The minimum atomic E-state index is -0.963. The largest absolute Gasteiger partial charge is 0.478 e. The number of carboxylic acid groups (broad SMARTS) is 1. The van der Waals surface area contributed by atoms with Gasteiger partial charge < -0.3 is 14.9 Å². The minimum Gasteiger partial charge on any atom is -0.478 e. The molecule has 5 heteroatoms. The lowest BCUT2D eigenvalue weighted by Gasteiger charge is -2.46. The number of amides is 1. The number of piperidine rings is 1. The van der Waals surface area contributed by atoms with Crippen molar-refractivity contribution in [2.24, 2.45) is 0 Å². The third-order valence-corrected chi connectivity index (χ3v) is 4.33. The molecule has 0 aliphatic carbocycles. The van der Waals surface area contributed by atoms with Crippen molar-refractivity contribution >= 4 is 23.3 Å². The van der Waals surface area contributed by atoms with E-state index in [4.69, 9.17) is 0 Å². The smallest absolute Gasteiger partial charge is 0.335 e. The zero-order chi connectivity index (χ0) is 15.1. The number of carbonyl (C=O) groups is 2. The van der Waals surface area contributed by atoms with E-state index in [-0.39, 0.29) is 23.6 Å². The van der Waals surface area contributed by atoms with Crippen molar-refractivity contribution in [1.29, 1.82) is 0 Å². The van der Waals surface area contributed by atoms with Crippen LogP contribution in [0.2, 0.25) is 0 Å². The van der Waals surface area contributed by atoms with E-state index in [2.05, 4.69) is 4.90 Å². The Labute approximate surface area is 124 Å². The Morgan fingerprint density at radius 1 is 1.29 bits per heavy atom. The zero-order valence-electron chi connectivity index (χ0n) is 12.4. The van der Waals surface area contributed by atoms with E-state index < -0.39 is 5.97 Å². The van der Waals surface area contributed by atoms with Gasteiger partial charge in [-0.05, 0) is 51.3 Å². The topological polar surface area (TPSA) is 60.9 Å². The molecule has 1 saturated heterocycles. The summed E-state index contributed by atoms with van der Waals surface area (Å²) in [4.78, 5) is 27.9. The number of benzene rings is 1. The standard InChI is InChI=1S/C16H20N2O3/c1-10(2)18-14-9-11(16(20)21)6-7-12(14)17-8-4-3-5-13(17)15(18)19/h6-7,9-10,13H,3-5,8H2,1-2H3,(H,20,21). The summed E-state index contributed by atoms with van der Waals surface area (Å²) in [6.45, 7) is 4.79. The van der Waals surface area contributed by atoms with Gasteiger partial charge in [-0.2, -0.15) is 0 Å². The van der Waals surface area contributed by atoms with Crippen LogP contribution in [-0.4, -0.2) is 35.6 Å². The summed E-state index contributed by atoms with van der Waals surface area (Å²) in [6.07, 6.45) is 3.02. The lowest BCUT2D eigenvalue weighted by Crippen LogP contribution is -2.57. The zero-order valence-corrected chi connectivity index (χ0v) is 12.4. The van der Waals surface area contributed by atoms with Crippen LogP contribution in [0.3, 0.4) is 0 Å². The van der Waals surface area contributed by atoms with Crippen LogP contribution in [0, 0.1) is 0 Å². The Morgan fingerprint density at radius 2 is 2.05 bits per heavy atom. The van der Waals surface area contributed by atoms with Crippen molar-refractivity contribution in [3.8, 4) is 0 Å². The Kier molecular flexibility index (Phi) is 3.35. The second kappa shape index (κ2) is 5.06. The van der Waals surface area contributed by atoms with Crippen LogP contribution in [-0.2, 0) is 4.79 Å². The van der Waals surface area contributed by atoms with Gasteiger partial charge in [0.25, 0.3) is 0 Å². The van der Waals surface area contributed by atoms with Gasteiger partial charge in [-0.1, -0.05) is 0 Å². The first kappa shape index (κ1) is 13.9. The molecule has 0 radical (unpaired) electrons. The fourth-order valence-electron chi connectivity index (χ4n) is 3.38. The molecule has 1 fully saturated rings. The van der Waals surface area contributed by atoms with Gasteiger partial charge in [-0.15, -0.1) is 0 Å². The molecule has 5 nitrogen and oxygen atoms in total. The highest BCUT2D eigenvalue weighted by Gasteiger charge is 2.40. The van der Waals surface area contributed by atoms with E-state index in [1.54, 1.807) is 17.0 Å². The molecule has 2 heterocycles. The summed E-state index contributed by atoms with van der Waals surface area (Å²) in [5, 5.41) is 9.19. The fourth-order valence-corrected chi connectivity index (χ4v) is 3.38. The number of carbonyl (C=O) groups excluding carboxylic acids is 1. The van der Waals surface area contributed by atoms with Gasteiger partial charge in [0.2, 0.25) is 5.91 Å². The van der Waals surface area contributed by atoms with Crippen molar-refractivity contribution < 1.29 is 14.7 Å². The van der Waals surface area contributed by atoms with Gasteiger partial charge in [0, 0.05) is 12.6 Å². The number of hydrogen-bond acceptors (Lipinski definition) is 3. The molecule has 1 N–H and O–H groups in total. The summed E-state index contributed by atoms with van der Waals surface area (Å²) < 4.78 is 0. The molecule has 2 aliphatic rings. The summed E-state index contributed by atoms with van der Waals surface area (Å²) in [5.74, 6) is -0.866. The van der Waals surface area contributed by atoms with Crippen LogP contribution in [0.25, 0.3) is 0 Å². The number of rotatable bonds is 2. The second-order valence-corrected chi connectivity index (χ2v) is 6.02. The molecule has 3 rings (SSSR count). The minimum absolute atomic E-state index is 0.0179. The van der Waals surface area contributed by atoms with Crippen molar-refractivity contribution in [3.63, 3.8) is 0 Å². The van der Waals surface area contributed by atoms with E-state index in [9.17, 15) is 14.7 Å². The second-order valence-electron chi connectivity index (χ2n) is 6.02. The Hall–Kier alpha value is -2.04. The molecule has 2 aliphatic heterocycles. The summed E-state index contributed by atoms with van der Waals surface area (Å²) >= 11 is 0. The van der Waals surface area contributed by atoms with Gasteiger partial charge in [0.15, 0.2) is 0 Å². The average Bonchev–Trinajstić information content (AvgIpc) is 2.46. The summed E-state index contributed by atoms with van der Waals surface area (Å²) in [6, 6.07) is 5.02.